The van der Waals surface area contributed by atoms with E-state index < -0.39 is 0 Å². The van der Waals surface area contributed by atoms with Crippen molar-refractivity contribution < 1.29 is 4.42 Å². The van der Waals surface area contributed by atoms with Crippen LogP contribution in [-0.2, 0) is 11.8 Å². The number of nitrogens with zero attached hydrogens (tertiary/aromatic N) is 1. The number of benzene rings is 20. The zero-order chi connectivity index (χ0) is 101. The molecule has 2 nitrogen and oxygen atoms in total. The number of aryl methyl sites for hydroxylation is 1. The Morgan fingerprint density at radius 3 is 0.831 bits per heavy atom. The molecule has 3 heteroatoms. The quantitative estimate of drug-likeness (QED) is 0.168. The van der Waals surface area contributed by atoms with Crippen LogP contribution in [0.4, 0.5) is 0 Å². The summed E-state index contributed by atoms with van der Waals surface area (Å²) in [5, 5.41) is 10.4. The van der Waals surface area contributed by atoms with Gasteiger partial charge in [-0.2, -0.15) is 0 Å². The molecule has 2 aliphatic rings. The molecular formula is C139H145NOS. The van der Waals surface area contributed by atoms with Gasteiger partial charge in [0.25, 0.3) is 0 Å². The molecule has 0 unspecified atom stereocenters. The molecular weight excluding hydrogens is 1730 g/mol. The monoisotopic (exact) mass is 1880 g/mol. The van der Waals surface area contributed by atoms with Gasteiger partial charge in [-0.05, 0) is 168 Å². The molecule has 0 saturated heterocycles. The molecule has 718 valence electrons. The van der Waals surface area contributed by atoms with Crippen LogP contribution in [0.25, 0.3) is 147 Å². The maximum atomic E-state index is 5.65. The van der Waals surface area contributed by atoms with Crippen molar-refractivity contribution >= 4 is 86.0 Å². The Hall–Kier alpha value is -15.5. The first-order valence-electron chi connectivity index (χ1n) is 51.2. The maximum absolute atomic E-state index is 5.65. The highest BCUT2D eigenvalue weighted by Gasteiger charge is 2.34. The number of furan rings is 1. The maximum Gasteiger partial charge on any atom is 0.135 e. The van der Waals surface area contributed by atoms with Crippen molar-refractivity contribution in [2.24, 2.45) is 0 Å². The highest BCUT2D eigenvalue weighted by atomic mass is 32.1. The van der Waals surface area contributed by atoms with E-state index in [1.54, 1.807) is 0 Å². The van der Waals surface area contributed by atoms with E-state index >= 15 is 0 Å². The molecule has 0 N–H and O–H groups in total. The summed E-state index contributed by atoms with van der Waals surface area (Å²) in [6.07, 6.45) is 1.10. The summed E-state index contributed by atoms with van der Waals surface area (Å²) in [6.45, 7) is 38.7. The van der Waals surface area contributed by atoms with Gasteiger partial charge in [-0.25, -0.2) is 0 Å². The normalized spacial score (nSPS) is 10.4. The van der Waals surface area contributed by atoms with Crippen LogP contribution in [0.1, 0.15) is 152 Å². The van der Waals surface area contributed by atoms with Crippen molar-refractivity contribution in [2.75, 3.05) is 0 Å². The summed E-state index contributed by atoms with van der Waals surface area (Å²) in [5.74, 6) is 0. The molecule has 2 aliphatic carbocycles. The Kier molecular flexibility index (Phi) is 47.3. The van der Waals surface area contributed by atoms with E-state index in [0.29, 0.717) is 0 Å². The van der Waals surface area contributed by atoms with Gasteiger partial charge < -0.3 is 8.98 Å². The van der Waals surface area contributed by atoms with Crippen molar-refractivity contribution in [3.63, 3.8) is 0 Å². The minimum atomic E-state index is 0.160. The molecule has 0 spiro atoms. The first-order valence-corrected chi connectivity index (χ1v) is 52.1. The van der Waals surface area contributed by atoms with E-state index in [2.05, 4.69) is 480 Å². The van der Waals surface area contributed by atoms with Crippen LogP contribution in [0.15, 0.2) is 526 Å². The number of thiophene rings is 1. The SMILES string of the molecule is CC.CC.CC.CC.CC.CC.CC.CC.CC1(C)c2ccccc2-c2ccccc21.Cc1ccccc1.c1ccc(-c2cccc(-c3ccccc3)c2)cc1.c1ccc(-c2ccccc2-c2ccccc2)cc1.c1ccc(-n2c3ccccc3c3ccccc32)cc1.c1ccc2c(c1)Cc1ccccc1-2.c1ccc2c(c1)oc1ccccc12.c1ccc2c(c1)sc1ccccc12.c1ccc2ccccc2c1. The topological polar surface area (TPSA) is 18.1 Å². The number of para-hydroxylation sites is 5. The van der Waals surface area contributed by atoms with Crippen molar-refractivity contribution in [3.05, 3.63) is 550 Å². The van der Waals surface area contributed by atoms with Crippen LogP contribution >= 0.6 is 11.3 Å². The number of fused-ring (bicyclic) bond motifs is 16. The molecule has 0 atom stereocenters. The fourth-order valence-electron chi connectivity index (χ4n) is 16.9. The van der Waals surface area contributed by atoms with Gasteiger partial charge in [-0.1, -0.05) is 597 Å². The standard InChI is InChI=1S/C18H13N.2C18H14.C15H14.C13H10.C12H8O.C12H8S.C10H8.C7H8.8C2H6/c1-2-8-14(9-3-1)19-17-12-6-4-10-15(17)16-11-5-7-13-18(16)19;1-3-9-15(10-4-1)17-13-7-8-14-18(17)16-11-5-2-6-12-16;1-3-8-15(9-4-1)17-12-7-13-18(14-17)16-10-5-2-6-11-16;1-15(2)13-9-5-3-7-11(13)12-8-4-6-10-14(12)15;1-3-7-12-10(5-1)9-11-6-2-4-8-13(11)12;2*1-3-7-11-9(5-1)10-6-2-4-8-12(10)13-11;1-2-6-10-8-4-3-7-9(10)5-1;1-7-5-3-2-4-6-7;8*1-2/h1-13H;2*1-14H;3-10H,1-2H3;1-8H,9H2;2*1-8H;1-8H;2-6H,1H3;8*1-2H3. The first kappa shape index (κ1) is 110. The number of aromatic nitrogens is 1. The average molecular weight is 1880 g/mol. The van der Waals surface area contributed by atoms with Crippen LogP contribution in [0.5, 0.6) is 0 Å². The average Bonchev–Trinajstić information content (AvgIpc) is 1.60. The van der Waals surface area contributed by atoms with Gasteiger partial charge in [0, 0.05) is 52.8 Å². The van der Waals surface area contributed by atoms with Gasteiger partial charge in [0.05, 0.1) is 11.0 Å². The zero-order valence-electron chi connectivity index (χ0n) is 87.1. The van der Waals surface area contributed by atoms with Crippen molar-refractivity contribution in [1.82, 2.24) is 4.57 Å². The number of rotatable bonds is 5. The van der Waals surface area contributed by atoms with Gasteiger partial charge in [0.15, 0.2) is 0 Å². The van der Waals surface area contributed by atoms with Gasteiger partial charge in [-0.15, -0.1) is 11.3 Å². The van der Waals surface area contributed by atoms with Crippen molar-refractivity contribution in [3.8, 4) is 72.4 Å². The van der Waals surface area contributed by atoms with E-state index in [9.17, 15) is 0 Å². The second kappa shape index (κ2) is 61.0. The van der Waals surface area contributed by atoms with Crippen LogP contribution in [0, 0.1) is 6.92 Å². The van der Waals surface area contributed by atoms with E-state index in [1.807, 2.05) is 189 Å². The summed E-state index contributed by atoms with van der Waals surface area (Å²) in [5.41, 5.74) is 28.7. The van der Waals surface area contributed by atoms with Crippen molar-refractivity contribution in [1.29, 1.82) is 0 Å². The molecule has 0 radical (unpaired) electrons. The predicted octanol–water partition coefficient (Wildman–Crippen LogP) is 42.8. The van der Waals surface area contributed by atoms with Crippen LogP contribution in [0.3, 0.4) is 0 Å². The van der Waals surface area contributed by atoms with E-state index in [4.69, 9.17) is 4.42 Å². The second-order valence-corrected chi connectivity index (χ2v) is 32.8. The third kappa shape index (κ3) is 29.5. The lowest BCUT2D eigenvalue weighted by atomic mass is 9.82. The largest absolute Gasteiger partial charge is 0.456 e. The van der Waals surface area contributed by atoms with Gasteiger partial charge in [0.1, 0.15) is 11.2 Å². The minimum absolute atomic E-state index is 0.160. The lowest BCUT2D eigenvalue weighted by molar-refractivity contribution is 0.660. The Bertz CT molecular complexity index is 6930. The van der Waals surface area contributed by atoms with Crippen molar-refractivity contribution in [2.45, 2.75) is 143 Å². The molecule has 0 aliphatic heterocycles. The Balaban J connectivity index is 0.000000176. The first-order chi connectivity index (χ1) is 70.3. The second-order valence-electron chi connectivity index (χ2n) is 31.7. The molecule has 3 heterocycles. The highest BCUT2D eigenvalue weighted by Crippen LogP contribution is 2.48. The molecule has 0 amide bonds. The van der Waals surface area contributed by atoms with E-state index in [0.717, 1.165) is 17.6 Å². The lowest BCUT2D eigenvalue weighted by Crippen LogP contribution is -2.14. The van der Waals surface area contributed by atoms with E-state index in [1.165, 1.54) is 164 Å². The molecule has 0 saturated carbocycles. The third-order valence-electron chi connectivity index (χ3n) is 23.1. The molecule has 25 rings (SSSR count). The van der Waals surface area contributed by atoms with E-state index in [-0.39, 0.29) is 5.41 Å². The fourth-order valence-corrected chi connectivity index (χ4v) is 18.0. The molecule has 0 fully saturated rings. The van der Waals surface area contributed by atoms with Crippen LogP contribution < -0.4 is 0 Å². The molecule has 23 aromatic rings. The molecule has 0 bridgehead atoms. The van der Waals surface area contributed by atoms with Gasteiger partial charge >= 0.3 is 0 Å². The molecule has 142 heavy (non-hydrogen) atoms. The summed E-state index contributed by atoms with van der Waals surface area (Å²) < 4.78 is 10.7. The zero-order valence-corrected chi connectivity index (χ0v) is 87.9. The Labute approximate surface area is 854 Å². The Morgan fingerprint density at radius 1 is 0.211 bits per heavy atom. The third-order valence-corrected chi connectivity index (χ3v) is 24.3. The van der Waals surface area contributed by atoms with Crippen LogP contribution in [0.2, 0.25) is 0 Å². The smallest absolute Gasteiger partial charge is 0.135 e. The minimum Gasteiger partial charge on any atom is -0.456 e. The Morgan fingerprint density at radius 2 is 0.472 bits per heavy atom. The number of hydrogen-bond donors (Lipinski definition) is 0. The summed E-state index contributed by atoms with van der Waals surface area (Å²) in [4.78, 5) is 0. The number of hydrogen-bond acceptors (Lipinski definition) is 2. The molecule has 20 aromatic carbocycles. The summed E-state index contributed by atoms with van der Waals surface area (Å²) in [6, 6.07) is 182. The fraction of sp³-hybridized carbons (Fsp3) is 0.151. The summed E-state index contributed by atoms with van der Waals surface area (Å²) in [7, 11) is 0. The van der Waals surface area contributed by atoms with Gasteiger partial charge in [-0.3, -0.25) is 0 Å². The predicted molar refractivity (Wildman–Crippen MR) is 633 cm³/mol. The van der Waals surface area contributed by atoms with Gasteiger partial charge in [0.2, 0.25) is 0 Å². The molecule has 3 aromatic heterocycles. The highest BCUT2D eigenvalue weighted by molar-refractivity contribution is 7.25. The lowest BCUT2D eigenvalue weighted by Gasteiger charge is -2.20. The van der Waals surface area contributed by atoms with Crippen LogP contribution in [-0.4, -0.2) is 4.57 Å². The summed E-state index contributed by atoms with van der Waals surface area (Å²) >= 11 is 1.86.